The van der Waals surface area contributed by atoms with E-state index < -0.39 is 10.0 Å². The lowest BCUT2D eigenvalue weighted by atomic mass is 10.3. The van der Waals surface area contributed by atoms with Crippen LogP contribution < -0.4 is 5.32 Å². The first-order valence-corrected chi connectivity index (χ1v) is 8.53. The highest BCUT2D eigenvalue weighted by atomic mass is 32.2. The van der Waals surface area contributed by atoms with E-state index in [4.69, 9.17) is 0 Å². The Hall–Kier alpha value is -0.430. The largest absolute Gasteiger partial charge is 0.315 e. The van der Waals surface area contributed by atoms with Gasteiger partial charge in [0.1, 0.15) is 0 Å². The molecule has 1 N–H and O–H groups in total. The van der Waals surface area contributed by atoms with Gasteiger partial charge in [0.15, 0.2) is 0 Å². The third kappa shape index (κ3) is 3.32. The Kier molecular flexibility index (Phi) is 5.78. The average molecular weight is 290 g/mol. The van der Waals surface area contributed by atoms with Gasteiger partial charge in [-0.25, -0.2) is 8.42 Å². The van der Waals surface area contributed by atoms with Gasteiger partial charge in [0.05, 0.1) is 4.90 Å². The summed E-state index contributed by atoms with van der Waals surface area (Å²) in [6.07, 6.45) is 0.820. The second kappa shape index (κ2) is 6.65. The van der Waals surface area contributed by atoms with Gasteiger partial charge in [-0.3, -0.25) is 0 Å². The lowest BCUT2D eigenvalue weighted by molar-refractivity contribution is 0.342. The van der Waals surface area contributed by atoms with Crippen LogP contribution in [0.4, 0.5) is 0 Å². The Balaban J connectivity index is 3.03. The van der Waals surface area contributed by atoms with Gasteiger partial charge in [-0.2, -0.15) is 4.31 Å². The molecule has 0 aliphatic rings. The molecule has 104 valence electrons. The molecule has 1 aromatic rings. The molecule has 6 heteroatoms. The molecule has 0 aliphatic carbocycles. The molecule has 0 saturated heterocycles. The van der Waals surface area contributed by atoms with Crippen molar-refractivity contribution in [2.75, 3.05) is 13.6 Å². The summed E-state index contributed by atoms with van der Waals surface area (Å²) in [5.74, 6) is 0. The number of hydrogen-bond acceptors (Lipinski definition) is 4. The van der Waals surface area contributed by atoms with Gasteiger partial charge in [-0.05, 0) is 26.5 Å². The minimum atomic E-state index is -3.34. The zero-order chi connectivity index (χ0) is 13.8. The molecule has 0 radical (unpaired) electrons. The first-order valence-electron chi connectivity index (χ1n) is 6.21. The molecule has 0 fully saturated rings. The Labute approximate surface area is 114 Å². The van der Waals surface area contributed by atoms with Crippen molar-refractivity contribution < 1.29 is 8.42 Å². The molecule has 1 aromatic heterocycles. The van der Waals surface area contributed by atoms with Gasteiger partial charge in [0, 0.05) is 29.4 Å². The lowest BCUT2D eigenvalue weighted by Crippen LogP contribution is -2.37. The van der Waals surface area contributed by atoms with Crippen molar-refractivity contribution in [3.63, 3.8) is 0 Å². The van der Waals surface area contributed by atoms with Crippen molar-refractivity contribution >= 4 is 21.4 Å². The van der Waals surface area contributed by atoms with E-state index in [0.717, 1.165) is 11.3 Å². The first-order chi connectivity index (χ1) is 8.47. The van der Waals surface area contributed by atoms with Crippen molar-refractivity contribution in [2.24, 2.45) is 0 Å². The second-order valence-electron chi connectivity index (χ2n) is 4.24. The Bertz CT molecular complexity index is 468. The van der Waals surface area contributed by atoms with Gasteiger partial charge in [0.2, 0.25) is 10.0 Å². The zero-order valence-corrected chi connectivity index (χ0v) is 13.1. The van der Waals surface area contributed by atoms with Crippen LogP contribution >= 0.6 is 11.3 Å². The Morgan fingerprint density at radius 3 is 2.61 bits per heavy atom. The fourth-order valence-electron chi connectivity index (χ4n) is 1.82. The molecule has 1 rings (SSSR count). The molecular formula is C12H22N2O2S2. The summed E-state index contributed by atoms with van der Waals surface area (Å²) in [5, 5.41) is 4.76. The van der Waals surface area contributed by atoms with Crippen molar-refractivity contribution in [3.05, 3.63) is 16.3 Å². The van der Waals surface area contributed by atoms with Gasteiger partial charge in [-0.1, -0.05) is 13.8 Å². The van der Waals surface area contributed by atoms with E-state index in [0.29, 0.717) is 18.0 Å². The molecule has 4 nitrogen and oxygen atoms in total. The topological polar surface area (TPSA) is 49.4 Å². The van der Waals surface area contributed by atoms with Gasteiger partial charge in [-0.15, -0.1) is 11.3 Å². The van der Waals surface area contributed by atoms with Crippen molar-refractivity contribution in [1.82, 2.24) is 9.62 Å². The summed E-state index contributed by atoms with van der Waals surface area (Å²) >= 11 is 1.48. The summed E-state index contributed by atoms with van der Waals surface area (Å²) in [6, 6.07) is 1.80. The van der Waals surface area contributed by atoms with Crippen LogP contribution in [0.1, 0.15) is 32.1 Å². The van der Waals surface area contributed by atoms with Gasteiger partial charge < -0.3 is 5.32 Å². The van der Waals surface area contributed by atoms with Crippen LogP contribution in [-0.2, 0) is 16.6 Å². The highest BCUT2D eigenvalue weighted by Gasteiger charge is 2.27. The van der Waals surface area contributed by atoms with E-state index >= 15 is 0 Å². The Morgan fingerprint density at radius 2 is 2.11 bits per heavy atom. The molecule has 0 aromatic carbocycles. The maximum Gasteiger partial charge on any atom is 0.244 e. The number of sulfonamides is 1. The minimum absolute atomic E-state index is 0.0349. The standard InChI is InChI=1S/C12H22N2O2S2/c1-5-10(3)14(6-2)18(15,16)12-7-11(8-13-4)17-9-12/h7,9-10,13H,5-6,8H2,1-4H3. The SMILES string of the molecule is CCC(C)N(CC)S(=O)(=O)c1csc(CNC)c1. The molecule has 1 atom stereocenters. The van der Waals surface area contributed by atoms with Crippen LogP contribution in [-0.4, -0.2) is 32.4 Å². The molecular weight excluding hydrogens is 268 g/mol. The highest BCUT2D eigenvalue weighted by molar-refractivity contribution is 7.89. The predicted octanol–water partition coefficient (Wildman–Crippen LogP) is 2.28. The van der Waals surface area contributed by atoms with Gasteiger partial charge in [0.25, 0.3) is 0 Å². The normalized spacial score (nSPS) is 14.1. The maximum absolute atomic E-state index is 12.5. The number of hydrogen-bond donors (Lipinski definition) is 1. The third-order valence-corrected chi connectivity index (χ3v) is 6.13. The van der Waals surface area contributed by atoms with Crippen LogP contribution in [0, 0.1) is 0 Å². The number of nitrogens with one attached hydrogen (secondary N) is 1. The number of nitrogens with zero attached hydrogens (tertiary/aromatic N) is 1. The summed E-state index contributed by atoms with van der Waals surface area (Å²) in [6.45, 7) is 7.04. The molecule has 0 aliphatic heterocycles. The molecule has 0 saturated carbocycles. The maximum atomic E-state index is 12.5. The minimum Gasteiger partial charge on any atom is -0.315 e. The molecule has 1 unspecified atom stereocenters. The first kappa shape index (κ1) is 15.6. The van der Waals surface area contributed by atoms with Gasteiger partial charge >= 0.3 is 0 Å². The van der Waals surface area contributed by atoms with E-state index in [1.54, 1.807) is 15.8 Å². The van der Waals surface area contributed by atoms with E-state index in [1.165, 1.54) is 11.3 Å². The number of rotatable bonds is 7. The lowest BCUT2D eigenvalue weighted by Gasteiger charge is -2.25. The van der Waals surface area contributed by atoms with E-state index in [2.05, 4.69) is 5.32 Å². The van der Waals surface area contributed by atoms with Crippen molar-refractivity contribution in [3.8, 4) is 0 Å². The fourth-order valence-corrected chi connectivity index (χ4v) is 4.81. The van der Waals surface area contributed by atoms with E-state index in [1.807, 2.05) is 27.8 Å². The van der Waals surface area contributed by atoms with E-state index in [9.17, 15) is 8.42 Å². The van der Waals surface area contributed by atoms with Crippen molar-refractivity contribution in [1.29, 1.82) is 0 Å². The van der Waals surface area contributed by atoms with Crippen molar-refractivity contribution in [2.45, 2.75) is 44.7 Å². The third-order valence-electron chi connectivity index (χ3n) is 2.98. The second-order valence-corrected chi connectivity index (χ2v) is 7.13. The van der Waals surface area contributed by atoms with Crippen LogP contribution in [0.25, 0.3) is 0 Å². The fraction of sp³-hybridized carbons (Fsp3) is 0.667. The van der Waals surface area contributed by atoms with E-state index in [-0.39, 0.29) is 6.04 Å². The summed E-state index contributed by atoms with van der Waals surface area (Å²) < 4.78 is 26.6. The van der Waals surface area contributed by atoms with Crippen LogP contribution in [0.3, 0.4) is 0 Å². The average Bonchev–Trinajstić information content (AvgIpc) is 2.79. The molecule has 0 bridgehead atoms. The summed E-state index contributed by atoms with van der Waals surface area (Å²) in [5.41, 5.74) is 0. The quantitative estimate of drug-likeness (QED) is 0.838. The monoisotopic (exact) mass is 290 g/mol. The smallest absolute Gasteiger partial charge is 0.244 e. The van der Waals surface area contributed by atoms with Crippen LogP contribution in [0.15, 0.2) is 16.3 Å². The number of thiophene rings is 1. The molecule has 18 heavy (non-hydrogen) atoms. The predicted molar refractivity (Wildman–Crippen MR) is 76.4 cm³/mol. The molecule has 1 heterocycles. The zero-order valence-electron chi connectivity index (χ0n) is 11.4. The van der Waals surface area contributed by atoms with Crippen LogP contribution in [0.2, 0.25) is 0 Å². The highest BCUT2D eigenvalue weighted by Crippen LogP contribution is 2.24. The summed E-state index contributed by atoms with van der Waals surface area (Å²) in [7, 11) is -1.49. The van der Waals surface area contributed by atoms with Crippen LogP contribution in [0.5, 0.6) is 0 Å². The molecule has 0 spiro atoms. The molecule has 0 amide bonds. The Morgan fingerprint density at radius 1 is 1.44 bits per heavy atom. The summed E-state index contributed by atoms with van der Waals surface area (Å²) in [4.78, 5) is 1.45.